The van der Waals surface area contributed by atoms with Crippen LogP contribution in [-0.2, 0) is 14.0 Å². The molecule has 0 aliphatic carbocycles. The minimum atomic E-state index is -2.80. The molecule has 6 aromatic rings. The fourth-order valence-electron chi connectivity index (χ4n) is 5.93. The van der Waals surface area contributed by atoms with Crippen LogP contribution in [0, 0.1) is 5.82 Å². The average Bonchev–Trinajstić information content (AvgIpc) is 3.55. The van der Waals surface area contributed by atoms with Crippen LogP contribution in [0.2, 0.25) is 15.1 Å². The number of hydrogen-bond donors (Lipinski definition) is 1. The van der Waals surface area contributed by atoms with Crippen molar-refractivity contribution in [2.45, 2.75) is 31.9 Å². The molecule has 1 N–H and O–H groups in total. The van der Waals surface area contributed by atoms with Crippen molar-refractivity contribution >= 4 is 64.7 Å². The molecule has 0 fully saturated rings. The second-order valence-corrected chi connectivity index (χ2v) is 17.7. The third kappa shape index (κ3) is 7.80. The number of anilines is 1. The Hall–Kier alpha value is -4.72. The molecule has 0 radical (unpaired) electrons. The molecule has 0 spiro atoms. The van der Waals surface area contributed by atoms with Gasteiger partial charge in [-0.15, -0.1) is 0 Å². The summed E-state index contributed by atoms with van der Waals surface area (Å²) in [5.74, 6) is -0.910. The molecule has 3 heterocycles. The van der Waals surface area contributed by atoms with Gasteiger partial charge < -0.3 is 19.2 Å². The third-order valence-electron chi connectivity index (χ3n) is 8.24. The summed E-state index contributed by atoms with van der Waals surface area (Å²) in [6.07, 6.45) is 2.58. The molecular formula is C37H35Cl2FN6O4Si. The van der Waals surface area contributed by atoms with E-state index in [2.05, 4.69) is 70.4 Å². The van der Waals surface area contributed by atoms with Crippen molar-refractivity contribution in [1.82, 2.24) is 24.7 Å². The first-order valence-corrected chi connectivity index (χ1v) is 18.8. The van der Waals surface area contributed by atoms with Gasteiger partial charge >= 0.3 is 0 Å². The molecule has 51 heavy (non-hydrogen) atoms. The zero-order valence-corrected chi connectivity index (χ0v) is 30.6. The molecule has 14 heteroatoms. The lowest BCUT2D eigenvalue weighted by Crippen LogP contribution is -2.66. The van der Waals surface area contributed by atoms with Gasteiger partial charge in [0.15, 0.2) is 5.65 Å². The maximum absolute atomic E-state index is 13.6. The van der Waals surface area contributed by atoms with E-state index in [-0.39, 0.29) is 36.6 Å². The number of nitrogens with zero attached hydrogens (tertiary/aromatic N) is 5. The maximum atomic E-state index is 13.6. The van der Waals surface area contributed by atoms with Crippen LogP contribution in [0.5, 0.6) is 5.88 Å². The summed E-state index contributed by atoms with van der Waals surface area (Å²) in [4.78, 5) is 26.2. The minimum absolute atomic E-state index is 0.0776. The highest BCUT2D eigenvalue weighted by atomic mass is 35.5. The first kappa shape index (κ1) is 36.1. The minimum Gasteiger partial charge on any atom is -0.461 e. The van der Waals surface area contributed by atoms with Gasteiger partial charge in [0.2, 0.25) is 12.0 Å². The summed E-state index contributed by atoms with van der Waals surface area (Å²) >= 11 is 12.9. The largest absolute Gasteiger partial charge is 0.461 e. The number of carbonyl (C=O) groups is 1. The van der Waals surface area contributed by atoms with E-state index >= 15 is 0 Å². The molecule has 1 atom stereocenters. The van der Waals surface area contributed by atoms with Gasteiger partial charge in [0.1, 0.15) is 29.0 Å². The number of halogens is 3. The number of benzene rings is 3. The lowest BCUT2D eigenvalue weighted by Gasteiger charge is -2.43. The van der Waals surface area contributed by atoms with Crippen LogP contribution >= 0.6 is 23.2 Å². The van der Waals surface area contributed by atoms with Gasteiger partial charge in [-0.05, 0) is 39.7 Å². The molecule has 0 bridgehead atoms. The van der Waals surface area contributed by atoms with E-state index in [1.165, 1.54) is 29.3 Å². The molecule has 6 rings (SSSR count). The van der Waals surface area contributed by atoms with E-state index in [1.807, 2.05) is 36.4 Å². The molecule has 10 nitrogen and oxygen atoms in total. The van der Waals surface area contributed by atoms with Crippen molar-refractivity contribution < 1.29 is 23.1 Å². The normalized spacial score (nSPS) is 12.5. The Kier molecular flexibility index (Phi) is 11.1. The fourth-order valence-corrected chi connectivity index (χ4v) is 11.0. The summed E-state index contributed by atoms with van der Waals surface area (Å²) < 4.78 is 34.2. The van der Waals surface area contributed by atoms with Crippen molar-refractivity contribution in [2.24, 2.45) is 0 Å². The Bertz CT molecular complexity index is 2040. The summed E-state index contributed by atoms with van der Waals surface area (Å²) in [6.45, 7) is 6.83. The molecule has 0 aliphatic heterocycles. The predicted molar refractivity (Wildman–Crippen MR) is 198 cm³/mol. The molecule has 3 aromatic heterocycles. The van der Waals surface area contributed by atoms with Crippen LogP contribution in [0.25, 0.3) is 16.7 Å². The van der Waals surface area contributed by atoms with Gasteiger partial charge in [0.05, 0.1) is 42.3 Å². The van der Waals surface area contributed by atoms with Gasteiger partial charge in [-0.1, -0.05) is 111 Å². The number of fused-ring (bicyclic) bond motifs is 1. The molecule has 0 aliphatic rings. The number of para-hydroxylation sites is 1. The van der Waals surface area contributed by atoms with Crippen molar-refractivity contribution in [3.63, 3.8) is 0 Å². The van der Waals surface area contributed by atoms with E-state index in [9.17, 15) is 9.18 Å². The van der Waals surface area contributed by atoms with E-state index in [1.54, 1.807) is 18.2 Å². The quantitative estimate of drug-likeness (QED) is 0.104. The van der Waals surface area contributed by atoms with E-state index in [0.29, 0.717) is 26.8 Å². The summed E-state index contributed by atoms with van der Waals surface area (Å²) in [6, 6.07) is 28.2. The molecular weight excluding hydrogens is 710 g/mol. The van der Waals surface area contributed by atoms with E-state index in [0.717, 1.165) is 16.6 Å². The van der Waals surface area contributed by atoms with Crippen LogP contribution in [0.4, 0.5) is 10.2 Å². The monoisotopic (exact) mass is 744 g/mol. The number of aromatic nitrogens is 5. The highest BCUT2D eigenvalue weighted by Crippen LogP contribution is 2.37. The predicted octanol–water partition coefficient (Wildman–Crippen LogP) is 6.64. The van der Waals surface area contributed by atoms with Crippen LogP contribution in [-0.4, -0.2) is 64.9 Å². The first-order chi connectivity index (χ1) is 24.6. The smallest absolute Gasteiger partial charge is 0.269 e. The van der Waals surface area contributed by atoms with Crippen LogP contribution in [0.3, 0.4) is 0 Å². The van der Waals surface area contributed by atoms with Crippen molar-refractivity contribution in [1.29, 1.82) is 0 Å². The summed E-state index contributed by atoms with van der Waals surface area (Å²) in [5.41, 5.74) is 0.787. The van der Waals surface area contributed by atoms with E-state index in [4.69, 9.17) is 37.1 Å². The number of pyridine rings is 1. The molecule has 262 valence electrons. The van der Waals surface area contributed by atoms with Crippen molar-refractivity contribution in [3.8, 4) is 11.6 Å². The Morgan fingerprint density at radius 3 is 2.14 bits per heavy atom. The van der Waals surface area contributed by atoms with Gasteiger partial charge in [0.25, 0.3) is 14.2 Å². The zero-order chi connectivity index (χ0) is 36.0. The summed E-state index contributed by atoms with van der Waals surface area (Å²) in [5, 5.41) is 10.3. The average molecular weight is 746 g/mol. The molecule has 0 saturated carbocycles. The van der Waals surface area contributed by atoms with Gasteiger partial charge in [-0.25, -0.2) is 24.0 Å². The molecule has 1 unspecified atom stereocenters. The number of nitrogens with one attached hydrogen (secondary N) is 1. The molecule has 0 saturated heterocycles. The number of rotatable bonds is 13. The van der Waals surface area contributed by atoms with Gasteiger partial charge in [-0.3, -0.25) is 4.79 Å². The summed E-state index contributed by atoms with van der Waals surface area (Å²) in [7, 11) is -2.80. The highest BCUT2D eigenvalue weighted by molar-refractivity contribution is 6.99. The number of amides is 1. The zero-order valence-electron chi connectivity index (χ0n) is 28.1. The van der Waals surface area contributed by atoms with E-state index < -0.39 is 26.1 Å². The standard InChI is InChI=1S/C37H35Cl2FN6O4Si/c1-37(2,3)51(26-11-6-4-7-12-26,27-13-8-5-9-14-27)49-20-19-48-23-31(35(47)45-32-18-17-25(40)21-41-32)50-36-28-22-44-46(34(28)42-24-43-36)33-29(38)15-10-16-30(33)39/h4-18,21-22,24,31H,19-20,23H2,1-3H3,(H,41,45,47). The molecule has 1 amide bonds. The van der Waals surface area contributed by atoms with Crippen molar-refractivity contribution in [2.75, 3.05) is 25.1 Å². The highest BCUT2D eigenvalue weighted by Gasteiger charge is 2.50. The number of hydrogen-bond acceptors (Lipinski definition) is 8. The van der Waals surface area contributed by atoms with Crippen LogP contribution < -0.4 is 20.4 Å². The lowest BCUT2D eigenvalue weighted by molar-refractivity contribution is -0.125. The Morgan fingerprint density at radius 1 is 0.863 bits per heavy atom. The molecule has 3 aromatic carbocycles. The van der Waals surface area contributed by atoms with Crippen LogP contribution in [0.1, 0.15) is 20.8 Å². The first-order valence-electron chi connectivity index (χ1n) is 16.1. The Labute approximate surface area is 305 Å². The lowest BCUT2D eigenvalue weighted by atomic mass is 10.2. The second-order valence-electron chi connectivity index (χ2n) is 12.6. The second kappa shape index (κ2) is 15.7. The Balaban J connectivity index is 1.23. The van der Waals surface area contributed by atoms with Gasteiger partial charge in [0, 0.05) is 0 Å². The van der Waals surface area contributed by atoms with Crippen molar-refractivity contribution in [3.05, 3.63) is 126 Å². The third-order valence-corrected chi connectivity index (χ3v) is 13.9. The fraction of sp³-hybridized carbons (Fsp3) is 0.216. The maximum Gasteiger partial charge on any atom is 0.269 e. The van der Waals surface area contributed by atoms with Crippen LogP contribution in [0.15, 0.2) is 110 Å². The number of ether oxygens (including phenoxy) is 2. The topological polar surface area (TPSA) is 113 Å². The van der Waals surface area contributed by atoms with Gasteiger partial charge in [-0.2, -0.15) is 5.10 Å². The number of carbonyl (C=O) groups excluding carboxylic acids is 1. The SMILES string of the molecule is CC(C)(C)[Si](OCCOCC(Oc1ncnc2c1cnn2-c1c(Cl)cccc1Cl)C(=O)Nc1ccc(F)cn1)(c1ccccc1)c1ccccc1. The Morgan fingerprint density at radius 2 is 1.53 bits per heavy atom.